The minimum atomic E-state index is 0.361. The largest absolute Gasteiger partial charge is 0.356 e. The smallest absolute Gasteiger partial charge is 0.225 e. The fourth-order valence-corrected chi connectivity index (χ4v) is 4.13. The van der Waals surface area contributed by atoms with E-state index in [1.807, 2.05) is 13.1 Å². The zero-order valence-corrected chi connectivity index (χ0v) is 18.1. The van der Waals surface area contributed by atoms with Crippen molar-refractivity contribution in [1.82, 2.24) is 20.2 Å². The Morgan fingerprint density at radius 3 is 2.00 bits per heavy atom. The Morgan fingerprint density at radius 2 is 1.45 bits per heavy atom. The lowest BCUT2D eigenvalue weighted by Gasteiger charge is -2.36. The highest BCUT2D eigenvalue weighted by molar-refractivity contribution is 5.80. The molecule has 0 spiro atoms. The normalized spacial score (nSPS) is 14.7. The molecule has 160 valence electrons. The van der Waals surface area contributed by atoms with Crippen LogP contribution in [0.3, 0.4) is 0 Å². The first-order chi connectivity index (χ1) is 15.3. The molecule has 0 unspecified atom stereocenters. The summed E-state index contributed by atoms with van der Waals surface area (Å²) in [6, 6.07) is 23.4. The summed E-state index contributed by atoms with van der Waals surface area (Å²) in [6.45, 7) is 4.45. The van der Waals surface area contributed by atoms with E-state index >= 15 is 0 Å². The van der Waals surface area contributed by atoms with Gasteiger partial charge >= 0.3 is 0 Å². The van der Waals surface area contributed by atoms with Crippen molar-refractivity contribution in [3.05, 3.63) is 90.3 Å². The van der Waals surface area contributed by atoms with Gasteiger partial charge in [0.15, 0.2) is 5.96 Å². The van der Waals surface area contributed by atoms with Crippen molar-refractivity contribution in [2.24, 2.45) is 4.99 Å². The van der Waals surface area contributed by atoms with E-state index < -0.39 is 0 Å². The quantitative estimate of drug-likeness (QED) is 0.495. The third kappa shape index (κ3) is 5.40. The van der Waals surface area contributed by atoms with Crippen molar-refractivity contribution in [3.63, 3.8) is 0 Å². The molecule has 6 heteroatoms. The summed E-state index contributed by atoms with van der Waals surface area (Å²) < 4.78 is 0. The van der Waals surface area contributed by atoms with Gasteiger partial charge in [-0.05, 0) is 23.6 Å². The first-order valence-corrected chi connectivity index (χ1v) is 10.9. The lowest BCUT2D eigenvalue weighted by Crippen LogP contribution is -2.53. The van der Waals surface area contributed by atoms with E-state index in [4.69, 9.17) is 0 Å². The van der Waals surface area contributed by atoms with Gasteiger partial charge in [0.1, 0.15) is 0 Å². The van der Waals surface area contributed by atoms with Crippen LogP contribution in [0.2, 0.25) is 0 Å². The molecule has 0 amide bonds. The number of piperazine rings is 1. The monoisotopic (exact) mass is 414 g/mol. The third-order valence-electron chi connectivity index (χ3n) is 5.75. The molecule has 0 radical (unpaired) electrons. The number of aromatic nitrogens is 2. The summed E-state index contributed by atoms with van der Waals surface area (Å²) >= 11 is 0. The molecule has 1 aromatic heterocycles. The number of anilines is 1. The highest BCUT2D eigenvalue weighted by Gasteiger charge is 2.21. The highest BCUT2D eigenvalue weighted by Crippen LogP contribution is 2.27. The van der Waals surface area contributed by atoms with Crippen molar-refractivity contribution < 1.29 is 0 Å². The second-order valence-corrected chi connectivity index (χ2v) is 7.66. The predicted octanol–water partition coefficient (Wildman–Crippen LogP) is 3.40. The Morgan fingerprint density at radius 1 is 0.871 bits per heavy atom. The molecule has 0 bridgehead atoms. The second-order valence-electron chi connectivity index (χ2n) is 7.66. The van der Waals surface area contributed by atoms with Crippen molar-refractivity contribution in [2.75, 3.05) is 44.7 Å². The maximum atomic E-state index is 4.53. The number of nitrogens with zero attached hydrogens (tertiary/aromatic N) is 5. The molecular weight excluding hydrogens is 384 g/mol. The van der Waals surface area contributed by atoms with Crippen LogP contribution in [0.1, 0.15) is 23.5 Å². The van der Waals surface area contributed by atoms with Gasteiger partial charge in [-0.2, -0.15) is 0 Å². The average Bonchev–Trinajstić information content (AvgIpc) is 2.86. The molecule has 1 aliphatic heterocycles. The Balaban J connectivity index is 1.34. The van der Waals surface area contributed by atoms with Crippen LogP contribution in [0.5, 0.6) is 0 Å². The van der Waals surface area contributed by atoms with E-state index in [9.17, 15) is 0 Å². The van der Waals surface area contributed by atoms with Crippen LogP contribution in [0.4, 0.5) is 5.95 Å². The number of hydrogen-bond donors (Lipinski definition) is 1. The minimum absolute atomic E-state index is 0.361. The summed E-state index contributed by atoms with van der Waals surface area (Å²) in [5.74, 6) is 2.13. The van der Waals surface area contributed by atoms with Gasteiger partial charge < -0.3 is 15.1 Å². The SMILES string of the molecule is CN=C(NCCC(c1ccccc1)c1ccccc1)N1CCN(c2ncccn2)CC1. The van der Waals surface area contributed by atoms with E-state index in [-0.39, 0.29) is 0 Å². The topological polar surface area (TPSA) is 56.7 Å². The standard InChI is InChI=1S/C25H30N6/c1-26-24(30-17-19-31(20-18-30)25-27-14-8-15-28-25)29-16-13-23(21-9-4-2-5-10-21)22-11-6-3-7-12-22/h2-12,14-15,23H,13,16-20H2,1H3,(H,26,29). The molecule has 0 aliphatic carbocycles. The van der Waals surface area contributed by atoms with Crippen LogP contribution in [0, 0.1) is 0 Å². The molecule has 3 aromatic rings. The van der Waals surface area contributed by atoms with E-state index in [1.54, 1.807) is 12.4 Å². The van der Waals surface area contributed by atoms with Gasteiger partial charge in [0.25, 0.3) is 0 Å². The van der Waals surface area contributed by atoms with E-state index in [1.165, 1.54) is 11.1 Å². The zero-order chi connectivity index (χ0) is 21.3. The van der Waals surface area contributed by atoms with Crippen LogP contribution in [-0.2, 0) is 0 Å². The van der Waals surface area contributed by atoms with Crippen LogP contribution < -0.4 is 10.2 Å². The molecule has 1 fully saturated rings. The van der Waals surface area contributed by atoms with Gasteiger partial charge in [0, 0.05) is 58.1 Å². The summed E-state index contributed by atoms with van der Waals surface area (Å²) in [6.07, 6.45) is 4.60. The lowest BCUT2D eigenvalue weighted by molar-refractivity contribution is 0.369. The molecule has 2 aromatic carbocycles. The molecule has 31 heavy (non-hydrogen) atoms. The van der Waals surface area contributed by atoms with Crippen molar-refractivity contribution in [3.8, 4) is 0 Å². The van der Waals surface area contributed by atoms with Gasteiger partial charge in [-0.1, -0.05) is 60.7 Å². The number of benzene rings is 2. The third-order valence-corrected chi connectivity index (χ3v) is 5.75. The van der Waals surface area contributed by atoms with Crippen molar-refractivity contribution >= 4 is 11.9 Å². The predicted molar refractivity (Wildman–Crippen MR) is 127 cm³/mol. The van der Waals surface area contributed by atoms with Gasteiger partial charge in [0.2, 0.25) is 5.95 Å². The van der Waals surface area contributed by atoms with Gasteiger partial charge in [-0.3, -0.25) is 4.99 Å². The van der Waals surface area contributed by atoms with Gasteiger partial charge in [0.05, 0.1) is 0 Å². The Labute approximate surface area is 184 Å². The van der Waals surface area contributed by atoms with Gasteiger partial charge in [-0.25, -0.2) is 9.97 Å². The fraction of sp³-hybridized carbons (Fsp3) is 0.320. The molecule has 0 atom stereocenters. The Hall–Kier alpha value is -3.41. The number of aliphatic imine (C=N–C) groups is 1. The molecule has 1 saturated heterocycles. The van der Waals surface area contributed by atoms with Crippen LogP contribution in [0.25, 0.3) is 0 Å². The summed E-state index contributed by atoms with van der Waals surface area (Å²) in [7, 11) is 1.86. The van der Waals surface area contributed by atoms with E-state index in [2.05, 4.69) is 90.7 Å². The summed E-state index contributed by atoms with van der Waals surface area (Å²) in [5.41, 5.74) is 2.70. The highest BCUT2D eigenvalue weighted by atomic mass is 15.4. The van der Waals surface area contributed by atoms with Crippen LogP contribution in [0.15, 0.2) is 84.1 Å². The minimum Gasteiger partial charge on any atom is -0.356 e. The number of hydrogen-bond acceptors (Lipinski definition) is 4. The lowest BCUT2D eigenvalue weighted by atomic mass is 9.88. The number of rotatable bonds is 6. The maximum Gasteiger partial charge on any atom is 0.225 e. The van der Waals surface area contributed by atoms with Gasteiger partial charge in [-0.15, -0.1) is 0 Å². The summed E-state index contributed by atoms with van der Waals surface area (Å²) in [5, 5.41) is 3.59. The molecule has 4 rings (SSSR count). The molecule has 0 saturated carbocycles. The average molecular weight is 415 g/mol. The Bertz CT molecular complexity index is 898. The van der Waals surface area contributed by atoms with Crippen molar-refractivity contribution in [1.29, 1.82) is 0 Å². The van der Waals surface area contributed by atoms with Crippen LogP contribution in [-0.4, -0.2) is 60.6 Å². The van der Waals surface area contributed by atoms with Crippen molar-refractivity contribution in [2.45, 2.75) is 12.3 Å². The molecule has 6 nitrogen and oxygen atoms in total. The van der Waals surface area contributed by atoms with Crippen LogP contribution >= 0.6 is 0 Å². The first-order valence-electron chi connectivity index (χ1n) is 10.9. The number of nitrogens with one attached hydrogen (secondary N) is 1. The van der Waals surface area contributed by atoms with E-state index in [0.717, 1.165) is 51.1 Å². The molecule has 2 heterocycles. The number of guanidine groups is 1. The zero-order valence-electron chi connectivity index (χ0n) is 18.1. The first kappa shape index (κ1) is 20.8. The summed E-state index contributed by atoms with van der Waals surface area (Å²) in [4.78, 5) is 17.8. The molecule has 1 aliphatic rings. The molecule has 1 N–H and O–H groups in total. The second kappa shape index (κ2) is 10.6. The fourth-order valence-electron chi connectivity index (χ4n) is 4.13. The maximum absolute atomic E-state index is 4.53. The Kier molecular flexibility index (Phi) is 7.11. The molecular formula is C25H30N6. The van der Waals surface area contributed by atoms with E-state index in [0.29, 0.717) is 5.92 Å².